The van der Waals surface area contributed by atoms with Crippen molar-refractivity contribution in [2.45, 2.75) is 44.1 Å². The number of aryl methyl sites for hydroxylation is 1. The number of rotatable bonds is 4. The molecule has 1 atom stereocenters. The van der Waals surface area contributed by atoms with Gasteiger partial charge in [0.05, 0.1) is 23.4 Å². The lowest BCUT2D eigenvalue weighted by molar-refractivity contribution is 0.112. The zero-order chi connectivity index (χ0) is 14.8. The maximum Gasteiger partial charge on any atom is 0.181 e. The molecule has 1 aromatic rings. The predicted octanol–water partition coefficient (Wildman–Crippen LogP) is 1.42. The fourth-order valence-corrected chi connectivity index (χ4v) is 3.45. The van der Waals surface area contributed by atoms with Crippen molar-refractivity contribution >= 4 is 9.84 Å². The first-order valence-electron chi connectivity index (χ1n) is 6.21. The molecule has 0 fully saturated rings. The van der Waals surface area contributed by atoms with Gasteiger partial charge in [0, 0.05) is 0 Å². The van der Waals surface area contributed by atoms with Gasteiger partial charge in [-0.15, -0.1) is 0 Å². The first-order valence-corrected chi connectivity index (χ1v) is 7.86. The second kappa shape index (κ2) is 5.61. The Kier molecular flexibility index (Phi) is 4.76. The van der Waals surface area contributed by atoms with E-state index in [2.05, 4.69) is 0 Å². The Hall–Kier alpha value is -0.910. The number of aliphatic hydroxyl groups is 2. The number of aliphatic hydroxyl groups excluding tert-OH is 2. The Balaban J connectivity index is 3.26. The molecule has 0 saturated carbocycles. The highest BCUT2D eigenvalue weighted by Crippen LogP contribution is 2.27. The number of benzene rings is 1. The molecule has 1 aromatic carbocycles. The summed E-state index contributed by atoms with van der Waals surface area (Å²) in [6.45, 7) is 7.20. The molecule has 5 heteroatoms. The molecule has 0 heterocycles. The first-order chi connectivity index (χ1) is 8.58. The normalized spacial score (nSPS) is 14.4. The maximum absolute atomic E-state index is 12.2. The van der Waals surface area contributed by atoms with E-state index < -0.39 is 28.3 Å². The summed E-state index contributed by atoms with van der Waals surface area (Å²) in [5.41, 5.74) is 1.43. The van der Waals surface area contributed by atoms with Crippen LogP contribution in [0.5, 0.6) is 0 Å². The average Bonchev–Trinajstić information content (AvgIpc) is 2.26. The molecule has 0 spiro atoms. The van der Waals surface area contributed by atoms with Gasteiger partial charge in [-0.05, 0) is 29.5 Å². The van der Waals surface area contributed by atoms with E-state index in [1.165, 1.54) is 0 Å². The molecule has 0 unspecified atom stereocenters. The summed E-state index contributed by atoms with van der Waals surface area (Å²) in [5, 5.41) is 18.1. The van der Waals surface area contributed by atoms with Crippen LogP contribution in [-0.4, -0.2) is 37.1 Å². The van der Waals surface area contributed by atoms with Crippen molar-refractivity contribution in [2.24, 2.45) is 0 Å². The molecule has 0 bridgehead atoms. The highest BCUT2D eigenvalue weighted by Gasteiger charge is 2.23. The quantitative estimate of drug-likeness (QED) is 0.878. The van der Waals surface area contributed by atoms with Crippen LogP contribution in [0.25, 0.3) is 0 Å². The molecule has 0 aliphatic heterocycles. The van der Waals surface area contributed by atoms with Crippen molar-refractivity contribution in [3.05, 3.63) is 29.3 Å². The SMILES string of the molecule is Cc1ccc(C(C)(C)C)cc1S(=O)(=O)C[C@H](O)CO. The van der Waals surface area contributed by atoms with Gasteiger partial charge in [0.1, 0.15) is 0 Å². The van der Waals surface area contributed by atoms with E-state index in [-0.39, 0.29) is 10.3 Å². The second-order valence-electron chi connectivity index (χ2n) is 5.85. The molecule has 0 saturated heterocycles. The minimum Gasteiger partial charge on any atom is -0.394 e. The van der Waals surface area contributed by atoms with E-state index in [4.69, 9.17) is 5.11 Å². The molecule has 0 amide bonds. The predicted molar refractivity (Wildman–Crippen MR) is 75.0 cm³/mol. The maximum atomic E-state index is 12.2. The second-order valence-corrected chi connectivity index (χ2v) is 7.85. The van der Waals surface area contributed by atoms with Crippen LogP contribution in [0.4, 0.5) is 0 Å². The van der Waals surface area contributed by atoms with Crippen LogP contribution in [0.3, 0.4) is 0 Å². The zero-order valence-corrected chi connectivity index (χ0v) is 12.7. The molecular weight excluding hydrogens is 264 g/mol. The van der Waals surface area contributed by atoms with E-state index in [1.807, 2.05) is 26.8 Å². The van der Waals surface area contributed by atoms with E-state index in [1.54, 1.807) is 19.1 Å². The standard InChI is InChI=1S/C14H22O4S/c1-10-5-6-11(14(2,3)4)7-13(10)19(17,18)9-12(16)8-15/h5-7,12,15-16H,8-9H2,1-4H3/t12-/m1/s1. The van der Waals surface area contributed by atoms with Crippen LogP contribution in [0.15, 0.2) is 23.1 Å². The number of sulfone groups is 1. The molecule has 0 radical (unpaired) electrons. The lowest BCUT2D eigenvalue weighted by Crippen LogP contribution is -2.25. The van der Waals surface area contributed by atoms with E-state index >= 15 is 0 Å². The third kappa shape index (κ3) is 4.03. The third-order valence-corrected chi connectivity index (χ3v) is 4.95. The van der Waals surface area contributed by atoms with Gasteiger partial charge in [-0.1, -0.05) is 32.9 Å². The fraction of sp³-hybridized carbons (Fsp3) is 0.571. The van der Waals surface area contributed by atoms with Gasteiger partial charge in [0.25, 0.3) is 0 Å². The minimum atomic E-state index is -3.60. The Labute approximate surface area is 115 Å². The van der Waals surface area contributed by atoms with Crippen molar-refractivity contribution < 1.29 is 18.6 Å². The van der Waals surface area contributed by atoms with Crippen molar-refractivity contribution in [1.29, 1.82) is 0 Å². The molecule has 19 heavy (non-hydrogen) atoms. The number of hydrogen-bond donors (Lipinski definition) is 2. The molecule has 4 nitrogen and oxygen atoms in total. The minimum absolute atomic E-state index is 0.145. The van der Waals surface area contributed by atoms with Gasteiger partial charge >= 0.3 is 0 Å². The summed E-state index contributed by atoms with van der Waals surface area (Å²) >= 11 is 0. The summed E-state index contributed by atoms with van der Waals surface area (Å²) in [5.74, 6) is -0.460. The van der Waals surface area contributed by atoms with Crippen LogP contribution in [0, 0.1) is 6.92 Å². The van der Waals surface area contributed by atoms with Crippen LogP contribution < -0.4 is 0 Å². The van der Waals surface area contributed by atoms with Crippen LogP contribution >= 0.6 is 0 Å². The summed E-state index contributed by atoms with van der Waals surface area (Å²) in [6, 6.07) is 5.35. The Morgan fingerprint density at radius 3 is 2.32 bits per heavy atom. The highest BCUT2D eigenvalue weighted by atomic mass is 32.2. The molecular formula is C14H22O4S. The molecule has 0 aliphatic rings. The van der Waals surface area contributed by atoms with Crippen LogP contribution in [0.2, 0.25) is 0 Å². The molecule has 108 valence electrons. The summed E-state index contributed by atoms with van der Waals surface area (Å²) < 4.78 is 24.5. The van der Waals surface area contributed by atoms with Crippen molar-refractivity contribution in [3.8, 4) is 0 Å². The van der Waals surface area contributed by atoms with Crippen molar-refractivity contribution in [1.82, 2.24) is 0 Å². The topological polar surface area (TPSA) is 74.6 Å². The van der Waals surface area contributed by atoms with Gasteiger partial charge in [-0.25, -0.2) is 8.42 Å². The van der Waals surface area contributed by atoms with E-state index in [9.17, 15) is 13.5 Å². The lowest BCUT2D eigenvalue weighted by atomic mass is 9.87. The first kappa shape index (κ1) is 16.1. The van der Waals surface area contributed by atoms with Crippen molar-refractivity contribution in [2.75, 3.05) is 12.4 Å². The van der Waals surface area contributed by atoms with Gasteiger partial charge in [-0.2, -0.15) is 0 Å². The smallest absolute Gasteiger partial charge is 0.181 e. The Morgan fingerprint density at radius 2 is 1.84 bits per heavy atom. The Morgan fingerprint density at radius 1 is 1.26 bits per heavy atom. The monoisotopic (exact) mass is 286 g/mol. The fourth-order valence-electron chi connectivity index (χ4n) is 1.80. The third-order valence-electron chi connectivity index (χ3n) is 3.01. The van der Waals surface area contributed by atoms with Gasteiger partial charge in [0.2, 0.25) is 0 Å². The van der Waals surface area contributed by atoms with Gasteiger partial charge in [-0.3, -0.25) is 0 Å². The highest BCUT2D eigenvalue weighted by molar-refractivity contribution is 7.91. The average molecular weight is 286 g/mol. The van der Waals surface area contributed by atoms with Gasteiger partial charge < -0.3 is 10.2 Å². The van der Waals surface area contributed by atoms with Crippen LogP contribution in [0.1, 0.15) is 31.9 Å². The van der Waals surface area contributed by atoms with E-state index in [0.717, 1.165) is 5.56 Å². The largest absolute Gasteiger partial charge is 0.394 e. The summed E-state index contributed by atoms with van der Waals surface area (Å²) in [6.07, 6.45) is -1.25. The van der Waals surface area contributed by atoms with Gasteiger partial charge in [0.15, 0.2) is 9.84 Å². The van der Waals surface area contributed by atoms with E-state index in [0.29, 0.717) is 5.56 Å². The summed E-state index contributed by atoms with van der Waals surface area (Å²) in [4.78, 5) is 0.229. The Bertz CT molecular complexity index is 541. The molecule has 1 rings (SSSR count). The lowest BCUT2D eigenvalue weighted by Gasteiger charge is -2.21. The zero-order valence-electron chi connectivity index (χ0n) is 11.8. The molecule has 0 aliphatic carbocycles. The summed E-state index contributed by atoms with van der Waals surface area (Å²) in [7, 11) is -3.60. The molecule has 2 N–H and O–H groups in total. The number of hydrogen-bond acceptors (Lipinski definition) is 4. The molecule has 0 aromatic heterocycles. The van der Waals surface area contributed by atoms with Crippen LogP contribution in [-0.2, 0) is 15.3 Å². The van der Waals surface area contributed by atoms with Crippen molar-refractivity contribution in [3.63, 3.8) is 0 Å².